The predicted octanol–water partition coefficient (Wildman–Crippen LogP) is 1.40. The molecule has 0 saturated carbocycles. The van der Waals surface area contributed by atoms with Gasteiger partial charge in [0.25, 0.3) is 15.9 Å². The van der Waals surface area contributed by atoms with Gasteiger partial charge in [0, 0.05) is 20.6 Å². The van der Waals surface area contributed by atoms with Gasteiger partial charge in [-0.25, -0.2) is 17.1 Å². The largest absolute Gasteiger partial charge is 0.480 e. The van der Waals surface area contributed by atoms with Crippen molar-refractivity contribution in [3.05, 3.63) is 53.5 Å². The summed E-state index contributed by atoms with van der Waals surface area (Å²) in [5.74, 6) is -2.83. The summed E-state index contributed by atoms with van der Waals surface area (Å²) in [7, 11) is -1.24. The van der Waals surface area contributed by atoms with Gasteiger partial charge in [0.1, 0.15) is 12.4 Å². The molecule has 0 bridgehead atoms. The third kappa shape index (κ3) is 4.46. The van der Waals surface area contributed by atoms with Crippen LogP contribution in [0.1, 0.15) is 16.1 Å². The molecule has 0 fully saturated rings. The second-order valence-electron chi connectivity index (χ2n) is 5.59. The summed E-state index contributed by atoms with van der Waals surface area (Å²) in [6.07, 6.45) is 0. The standard InChI is InChI=1S/C16H17FN2O6S/c1-18(2)26(23,24)15-8-7-13(25-15)16(22)19(10-14(20)21)9-11-3-5-12(17)6-4-11/h3-8H,9-10H2,1-2H3,(H,20,21). The molecule has 0 saturated heterocycles. The lowest BCUT2D eigenvalue weighted by atomic mass is 10.2. The number of rotatable bonds is 7. The molecule has 1 aromatic heterocycles. The molecule has 2 rings (SSSR count). The molecule has 0 radical (unpaired) electrons. The van der Waals surface area contributed by atoms with Crippen LogP contribution in [0.5, 0.6) is 0 Å². The number of sulfonamides is 1. The first-order chi connectivity index (χ1) is 12.1. The summed E-state index contributed by atoms with van der Waals surface area (Å²) in [6, 6.07) is 7.50. The molecule has 0 atom stereocenters. The minimum Gasteiger partial charge on any atom is -0.480 e. The van der Waals surface area contributed by atoms with Crippen LogP contribution >= 0.6 is 0 Å². The van der Waals surface area contributed by atoms with Crippen LogP contribution in [0.3, 0.4) is 0 Å². The number of benzene rings is 1. The van der Waals surface area contributed by atoms with Gasteiger partial charge < -0.3 is 14.4 Å². The van der Waals surface area contributed by atoms with E-state index in [2.05, 4.69) is 0 Å². The number of carboxylic acids is 1. The highest BCUT2D eigenvalue weighted by Crippen LogP contribution is 2.19. The van der Waals surface area contributed by atoms with Gasteiger partial charge in [0.15, 0.2) is 5.76 Å². The van der Waals surface area contributed by atoms with Crippen molar-refractivity contribution < 1.29 is 31.9 Å². The smallest absolute Gasteiger partial charge is 0.323 e. The van der Waals surface area contributed by atoms with Gasteiger partial charge >= 0.3 is 5.97 Å². The highest BCUT2D eigenvalue weighted by atomic mass is 32.2. The minimum atomic E-state index is -3.86. The van der Waals surface area contributed by atoms with Crippen LogP contribution in [0.2, 0.25) is 0 Å². The van der Waals surface area contributed by atoms with Gasteiger partial charge in [-0.2, -0.15) is 0 Å². The Hall–Kier alpha value is -2.72. The van der Waals surface area contributed by atoms with Crippen molar-refractivity contribution in [2.24, 2.45) is 0 Å². The fraction of sp³-hybridized carbons (Fsp3) is 0.250. The third-order valence-electron chi connectivity index (χ3n) is 3.43. The Bertz CT molecular complexity index is 905. The van der Waals surface area contributed by atoms with Crippen LogP contribution < -0.4 is 0 Å². The zero-order chi connectivity index (χ0) is 19.5. The van der Waals surface area contributed by atoms with Crippen LogP contribution in [0, 0.1) is 5.82 Å². The molecule has 1 aromatic carbocycles. The van der Waals surface area contributed by atoms with E-state index >= 15 is 0 Å². The lowest BCUT2D eigenvalue weighted by Crippen LogP contribution is -2.35. The van der Waals surface area contributed by atoms with Crippen LogP contribution in [0.25, 0.3) is 0 Å². The summed E-state index contributed by atoms with van der Waals surface area (Å²) in [5.41, 5.74) is 0.508. The van der Waals surface area contributed by atoms with E-state index < -0.39 is 39.4 Å². The van der Waals surface area contributed by atoms with Crippen LogP contribution in [-0.2, 0) is 21.4 Å². The fourth-order valence-electron chi connectivity index (χ4n) is 2.08. The lowest BCUT2D eigenvalue weighted by molar-refractivity contribution is -0.137. The summed E-state index contributed by atoms with van der Waals surface area (Å²) in [6.45, 7) is -0.742. The van der Waals surface area contributed by atoms with E-state index in [1.54, 1.807) is 0 Å². The number of aliphatic carboxylic acids is 1. The predicted molar refractivity (Wildman–Crippen MR) is 88.4 cm³/mol. The van der Waals surface area contributed by atoms with Gasteiger partial charge in [-0.1, -0.05) is 12.1 Å². The SMILES string of the molecule is CN(C)S(=O)(=O)c1ccc(C(=O)N(CC(=O)O)Cc2ccc(F)cc2)o1. The molecule has 10 heteroatoms. The van der Waals surface area contributed by atoms with Crippen molar-refractivity contribution in [3.63, 3.8) is 0 Å². The number of nitrogens with zero attached hydrogens (tertiary/aromatic N) is 2. The molecular formula is C16H17FN2O6S. The summed E-state index contributed by atoms with van der Waals surface area (Å²) in [5, 5.41) is 8.59. The summed E-state index contributed by atoms with van der Waals surface area (Å²) in [4.78, 5) is 24.6. The Kier molecular flexibility index (Phi) is 5.78. The highest BCUT2D eigenvalue weighted by Gasteiger charge is 2.26. The second kappa shape index (κ2) is 7.67. The van der Waals surface area contributed by atoms with Crippen LogP contribution in [-0.4, -0.2) is 55.2 Å². The van der Waals surface area contributed by atoms with Gasteiger partial charge in [-0.05, 0) is 29.8 Å². The van der Waals surface area contributed by atoms with E-state index in [0.29, 0.717) is 5.56 Å². The number of hydrogen-bond acceptors (Lipinski definition) is 5. The quantitative estimate of drug-likeness (QED) is 0.773. The van der Waals surface area contributed by atoms with Crippen molar-refractivity contribution in [2.45, 2.75) is 11.6 Å². The second-order valence-corrected chi connectivity index (χ2v) is 7.67. The number of hydrogen-bond donors (Lipinski definition) is 1. The molecule has 2 aromatic rings. The third-order valence-corrected chi connectivity index (χ3v) is 5.12. The first-order valence-corrected chi connectivity index (χ1v) is 8.83. The first-order valence-electron chi connectivity index (χ1n) is 7.39. The minimum absolute atomic E-state index is 0.109. The Balaban J connectivity index is 2.28. The summed E-state index contributed by atoms with van der Waals surface area (Å²) < 4.78 is 43.1. The normalized spacial score (nSPS) is 11.5. The zero-order valence-electron chi connectivity index (χ0n) is 14.0. The number of furan rings is 1. The molecular weight excluding hydrogens is 367 g/mol. The van der Waals surface area contributed by atoms with E-state index in [1.807, 2.05) is 0 Å². The average Bonchev–Trinajstić information content (AvgIpc) is 3.05. The van der Waals surface area contributed by atoms with E-state index in [-0.39, 0.29) is 12.3 Å². The molecule has 1 amide bonds. The molecule has 0 aliphatic carbocycles. The monoisotopic (exact) mass is 384 g/mol. The van der Waals surface area contributed by atoms with E-state index in [0.717, 1.165) is 21.3 Å². The van der Waals surface area contributed by atoms with Crippen LogP contribution in [0.4, 0.5) is 4.39 Å². The van der Waals surface area contributed by atoms with E-state index in [4.69, 9.17) is 9.52 Å². The molecule has 8 nitrogen and oxygen atoms in total. The molecule has 0 spiro atoms. The number of carboxylic acid groups (broad SMARTS) is 1. The van der Waals surface area contributed by atoms with Crippen molar-refractivity contribution >= 4 is 21.9 Å². The maximum absolute atomic E-state index is 13.0. The number of carbonyl (C=O) groups excluding carboxylic acids is 1. The Labute approximate surface area is 149 Å². The molecule has 26 heavy (non-hydrogen) atoms. The molecule has 140 valence electrons. The molecule has 0 unspecified atom stereocenters. The zero-order valence-corrected chi connectivity index (χ0v) is 14.9. The number of carbonyl (C=O) groups is 2. The molecule has 1 heterocycles. The van der Waals surface area contributed by atoms with Crippen molar-refractivity contribution in [2.75, 3.05) is 20.6 Å². The Morgan fingerprint density at radius 1 is 1.12 bits per heavy atom. The first kappa shape index (κ1) is 19.6. The Morgan fingerprint density at radius 3 is 2.27 bits per heavy atom. The molecule has 1 N–H and O–H groups in total. The van der Waals surface area contributed by atoms with Crippen molar-refractivity contribution in [3.8, 4) is 0 Å². The summed E-state index contributed by atoms with van der Waals surface area (Å²) >= 11 is 0. The average molecular weight is 384 g/mol. The van der Waals surface area contributed by atoms with Crippen molar-refractivity contribution in [1.29, 1.82) is 0 Å². The highest BCUT2D eigenvalue weighted by molar-refractivity contribution is 7.88. The van der Waals surface area contributed by atoms with Gasteiger partial charge in [-0.15, -0.1) is 0 Å². The van der Waals surface area contributed by atoms with Gasteiger partial charge in [0.2, 0.25) is 5.09 Å². The van der Waals surface area contributed by atoms with Gasteiger partial charge in [0.05, 0.1) is 0 Å². The van der Waals surface area contributed by atoms with Crippen LogP contribution in [0.15, 0.2) is 45.9 Å². The topological polar surface area (TPSA) is 108 Å². The number of amides is 1. The fourth-order valence-corrected chi connectivity index (χ4v) is 2.88. The van der Waals surface area contributed by atoms with E-state index in [9.17, 15) is 22.4 Å². The maximum Gasteiger partial charge on any atom is 0.323 e. The maximum atomic E-state index is 13.0. The van der Waals surface area contributed by atoms with Gasteiger partial charge in [-0.3, -0.25) is 9.59 Å². The van der Waals surface area contributed by atoms with E-state index in [1.165, 1.54) is 38.4 Å². The molecule has 0 aliphatic rings. The number of halogens is 1. The Morgan fingerprint density at radius 2 is 1.73 bits per heavy atom. The van der Waals surface area contributed by atoms with Crippen molar-refractivity contribution in [1.82, 2.24) is 9.21 Å². The lowest BCUT2D eigenvalue weighted by Gasteiger charge is -2.19. The molecule has 0 aliphatic heterocycles.